The van der Waals surface area contributed by atoms with Crippen molar-refractivity contribution in [3.63, 3.8) is 0 Å². The van der Waals surface area contributed by atoms with Crippen LogP contribution in [0.2, 0.25) is 0 Å². The van der Waals surface area contributed by atoms with Crippen molar-refractivity contribution in [1.29, 1.82) is 0 Å². The van der Waals surface area contributed by atoms with Crippen molar-refractivity contribution in [2.45, 2.75) is 45.8 Å². The Bertz CT molecular complexity index is 216. The zero-order chi connectivity index (χ0) is 13.6. The fourth-order valence-electron chi connectivity index (χ4n) is 2.34. The highest BCUT2D eigenvalue weighted by atomic mass is 16.5. The largest absolute Gasteiger partial charge is 0.395 e. The number of aliphatic hydroxyl groups excluding tert-OH is 1. The van der Waals surface area contributed by atoms with Crippen molar-refractivity contribution in [3.8, 4) is 0 Å². The normalized spacial score (nSPS) is 21.2. The van der Waals surface area contributed by atoms with Crippen LogP contribution in [-0.2, 0) is 4.74 Å². The molecule has 4 nitrogen and oxygen atoms in total. The van der Waals surface area contributed by atoms with Gasteiger partial charge in [-0.05, 0) is 27.2 Å². The van der Waals surface area contributed by atoms with Gasteiger partial charge in [0.05, 0.1) is 18.8 Å². The molecule has 4 heteroatoms. The molecule has 0 amide bonds. The molecule has 0 bridgehead atoms. The summed E-state index contributed by atoms with van der Waals surface area (Å²) < 4.78 is 5.75. The number of piperazine rings is 1. The molecule has 1 fully saturated rings. The van der Waals surface area contributed by atoms with Crippen LogP contribution in [0.4, 0.5) is 0 Å². The third-order valence-corrected chi connectivity index (χ3v) is 3.55. The summed E-state index contributed by atoms with van der Waals surface area (Å²) in [5.41, 5.74) is -0.0357. The summed E-state index contributed by atoms with van der Waals surface area (Å²) in [7, 11) is 0. The van der Waals surface area contributed by atoms with Gasteiger partial charge in [0, 0.05) is 38.8 Å². The van der Waals surface area contributed by atoms with Gasteiger partial charge in [-0.1, -0.05) is 6.92 Å². The van der Waals surface area contributed by atoms with Crippen LogP contribution in [0.3, 0.4) is 0 Å². The Hall–Kier alpha value is -0.160. The van der Waals surface area contributed by atoms with Gasteiger partial charge in [-0.15, -0.1) is 0 Å². The Morgan fingerprint density at radius 3 is 2.22 bits per heavy atom. The topological polar surface area (TPSA) is 35.9 Å². The first-order valence-corrected chi connectivity index (χ1v) is 7.17. The number of nitrogens with zero attached hydrogens (tertiary/aromatic N) is 2. The van der Waals surface area contributed by atoms with Crippen molar-refractivity contribution in [3.05, 3.63) is 0 Å². The fraction of sp³-hybridized carbons (Fsp3) is 1.00. The highest BCUT2D eigenvalue weighted by Gasteiger charge is 2.22. The predicted octanol–water partition coefficient (Wildman–Crippen LogP) is 1.19. The van der Waals surface area contributed by atoms with E-state index in [2.05, 4.69) is 37.5 Å². The number of aliphatic hydroxyl groups is 1. The lowest BCUT2D eigenvalue weighted by Gasteiger charge is -2.38. The van der Waals surface area contributed by atoms with E-state index in [1.54, 1.807) is 0 Å². The third kappa shape index (κ3) is 5.65. The first kappa shape index (κ1) is 15.9. The molecule has 1 aliphatic rings. The van der Waals surface area contributed by atoms with Gasteiger partial charge in [-0.25, -0.2) is 0 Å². The molecule has 0 radical (unpaired) electrons. The van der Waals surface area contributed by atoms with Crippen LogP contribution >= 0.6 is 0 Å². The Kier molecular flexibility index (Phi) is 6.57. The van der Waals surface area contributed by atoms with Crippen molar-refractivity contribution in [2.75, 3.05) is 45.9 Å². The average molecular weight is 258 g/mol. The molecule has 0 spiro atoms. The second-order valence-electron chi connectivity index (χ2n) is 6.08. The summed E-state index contributed by atoms with van der Waals surface area (Å²) in [4.78, 5) is 4.85. The highest BCUT2D eigenvalue weighted by Crippen LogP contribution is 2.10. The minimum Gasteiger partial charge on any atom is -0.395 e. The number of hydrogen-bond donors (Lipinski definition) is 1. The average Bonchev–Trinajstić information content (AvgIpc) is 2.31. The second-order valence-corrected chi connectivity index (χ2v) is 6.08. The Morgan fingerprint density at radius 2 is 1.78 bits per heavy atom. The summed E-state index contributed by atoms with van der Waals surface area (Å²) in [6.07, 6.45) is 1.03. The van der Waals surface area contributed by atoms with Crippen LogP contribution < -0.4 is 0 Å². The maximum Gasteiger partial charge on any atom is 0.0600 e. The van der Waals surface area contributed by atoms with Gasteiger partial charge in [0.1, 0.15) is 0 Å². The van der Waals surface area contributed by atoms with Crippen molar-refractivity contribution < 1.29 is 9.84 Å². The van der Waals surface area contributed by atoms with E-state index in [0.29, 0.717) is 6.04 Å². The van der Waals surface area contributed by atoms with Gasteiger partial charge in [-0.3, -0.25) is 9.80 Å². The molecule has 1 saturated heterocycles. The van der Waals surface area contributed by atoms with E-state index in [1.807, 2.05) is 0 Å². The summed E-state index contributed by atoms with van der Waals surface area (Å²) in [5, 5.41) is 9.30. The molecular formula is C14H30N2O2. The second kappa shape index (κ2) is 7.43. The summed E-state index contributed by atoms with van der Waals surface area (Å²) in [5.74, 6) is 0. The van der Waals surface area contributed by atoms with Crippen LogP contribution in [-0.4, -0.2) is 72.5 Å². The molecule has 1 rings (SSSR count). The Morgan fingerprint density at radius 1 is 1.17 bits per heavy atom. The fourth-order valence-corrected chi connectivity index (χ4v) is 2.34. The molecule has 0 aromatic carbocycles. The van der Waals surface area contributed by atoms with Crippen LogP contribution in [0, 0.1) is 0 Å². The van der Waals surface area contributed by atoms with Crippen LogP contribution in [0.1, 0.15) is 34.1 Å². The summed E-state index contributed by atoms with van der Waals surface area (Å²) in [6, 6.07) is 0.345. The van der Waals surface area contributed by atoms with E-state index in [4.69, 9.17) is 4.74 Å². The van der Waals surface area contributed by atoms with E-state index in [-0.39, 0.29) is 12.2 Å². The SMILES string of the molecule is CCC(CO)N1CCN(CCOC(C)(C)C)CC1. The molecule has 1 aliphatic heterocycles. The Balaban J connectivity index is 2.19. The first-order valence-electron chi connectivity index (χ1n) is 7.17. The zero-order valence-corrected chi connectivity index (χ0v) is 12.5. The van der Waals surface area contributed by atoms with E-state index in [0.717, 1.165) is 45.8 Å². The van der Waals surface area contributed by atoms with Gasteiger partial charge in [0.15, 0.2) is 0 Å². The summed E-state index contributed by atoms with van der Waals surface area (Å²) >= 11 is 0. The Labute approximate surface area is 112 Å². The molecule has 0 aliphatic carbocycles. The van der Waals surface area contributed by atoms with Crippen molar-refractivity contribution >= 4 is 0 Å². The zero-order valence-electron chi connectivity index (χ0n) is 12.5. The quantitative estimate of drug-likeness (QED) is 0.776. The van der Waals surface area contributed by atoms with E-state index in [1.165, 1.54) is 0 Å². The van der Waals surface area contributed by atoms with Gasteiger partial charge in [0.2, 0.25) is 0 Å². The smallest absolute Gasteiger partial charge is 0.0600 e. The maximum atomic E-state index is 9.30. The van der Waals surface area contributed by atoms with Gasteiger partial charge >= 0.3 is 0 Å². The molecule has 0 aromatic rings. The lowest BCUT2D eigenvalue weighted by Crippen LogP contribution is -2.51. The molecular weight excluding hydrogens is 228 g/mol. The number of ether oxygens (including phenoxy) is 1. The lowest BCUT2D eigenvalue weighted by molar-refractivity contribution is -0.0210. The molecule has 0 aromatic heterocycles. The minimum atomic E-state index is -0.0357. The standard InChI is InChI=1S/C14H30N2O2/c1-5-13(12-17)16-8-6-15(7-9-16)10-11-18-14(2,3)4/h13,17H,5-12H2,1-4H3. The highest BCUT2D eigenvalue weighted by molar-refractivity contribution is 4.77. The molecule has 1 heterocycles. The molecule has 108 valence electrons. The van der Waals surface area contributed by atoms with Crippen molar-refractivity contribution in [2.24, 2.45) is 0 Å². The van der Waals surface area contributed by atoms with Gasteiger partial charge in [-0.2, -0.15) is 0 Å². The molecule has 1 atom stereocenters. The number of rotatable bonds is 6. The number of hydrogen-bond acceptors (Lipinski definition) is 4. The van der Waals surface area contributed by atoms with Crippen LogP contribution in [0.15, 0.2) is 0 Å². The molecule has 0 saturated carbocycles. The molecule has 1 N–H and O–H groups in total. The monoisotopic (exact) mass is 258 g/mol. The van der Waals surface area contributed by atoms with Crippen LogP contribution in [0.25, 0.3) is 0 Å². The summed E-state index contributed by atoms with van der Waals surface area (Å²) in [6.45, 7) is 14.8. The lowest BCUT2D eigenvalue weighted by atomic mass is 10.1. The van der Waals surface area contributed by atoms with E-state index in [9.17, 15) is 5.11 Å². The maximum absolute atomic E-state index is 9.30. The molecule has 18 heavy (non-hydrogen) atoms. The predicted molar refractivity (Wildman–Crippen MR) is 74.9 cm³/mol. The first-order chi connectivity index (χ1) is 8.46. The van der Waals surface area contributed by atoms with Crippen LogP contribution in [0.5, 0.6) is 0 Å². The van der Waals surface area contributed by atoms with Gasteiger partial charge < -0.3 is 9.84 Å². The van der Waals surface area contributed by atoms with E-state index >= 15 is 0 Å². The van der Waals surface area contributed by atoms with Gasteiger partial charge in [0.25, 0.3) is 0 Å². The minimum absolute atomic E-state index is 0.0357. The van der Waals surface area contributed by atoms with Crippen molar-refractivity contribution in [1.82, 2.24) is 9.80 Å². The molecule has 1 unspecified atom stereocenters. The van der Waals surface area contributed by atoms with E-state index < -0.39 is 0 Å². The third-order valence-electron chi connectivity index (χ3n) is 3.55.